The van der Waals surface area contributed by atoms with Crippen LogP contribution in [0.5, 0.6) is 0 Å². The van der Waals surface area contributed by atoms with Gasteiger partial charge in [0.05, 0.1) is 50.4 Å². The van der Waals surface area contributed by atoms with E-state index in [0.29, 0.717) is 5.56 Å². The predicted octanol–water partition coefficient (Wildman–Crippen LogP) is 7.86. The van der Waals surface area contributed by atoms with Crippen molar-refractivity contribution >= 4 is 49.9 Å². The van der Waals surface area contributed by atoms with Gasteiger partial charge in [0, 0.05) is 29.0 Å². The van der Waals surface area contributed by atoms with Gasteiger partial charge in [0.25, 0.3) is 0 Å². The molecule has 0 bridgehead atoms. The first-order chi connectivity index (χ1) is 21.3. The number of imidazole rings is 2. The van der Waals surface area contributed by atoms with Gasteiger partial charge in [0.15, 0.2) is 0 Å². The molecule has 200 valence electrons. The molecule has 43 heavy (non-hydrogen) atoms. The molecule has 0 aliphatic heterocycles. The fourth-order valence-electron chi connectivity index (χ4n) is 6.38. The number of para-hydroxylation sites is 5. The van der Waals surface area contributed by atoms with E-state index in [-0.39, 0.29) is 0 Å². The molecule has 0 unspecified atom stereocenters. The monoisotopic (exact) mass is 551 g/mol. The molecule has 5 heterocycles. The zero-order chi connectivity index (χ0) is 28.5. The number of hydrogen-bond donors (Lipinski definition) is 0. The van der Waals surface area contributed by atoms with Crippen molar-refractivity contribution in [1.82, 2.24) is 28.5 Å². The average Bonchev–Trinajstić information content (AvgIpc) is 3.71. The van der Waals surface area contributed by atoms with E-state index >= 15 is 0 Å². The topological polar surface area (TPSA) is 76.7 Å². The van der Waals surface area contributed by atoms with Crippen LogP contribution in [0.15, 0.2) is 128 Å². The summed E-state index contributed by atoms with van der Waals surface area (Å²) in [6, 6.07) is 41.2. The van der Waals surface area contributed by atoms with Crippen LogP contribution in [0.3, 0.4) is 0 Å². The first-order valence-corrected chi connectivity index (χ1v) is 14.0. The molecule has 7 heteroatoms. The fraction of sp³-hybridized carbons (Fsp3) is 0. The molecule has 5 aromatic heterocycles. The summed E-state index contributed by atoms with van der Waals surface area (Å²) in [5.74, 6) is 0.837. The number of pyridine rings is 2. The van der Waals surface area contributed by atoms with Gasteiger partial charge < -0.3 is 0 Å². The average molecular weight is 552 g/mol. The molecule has 0 N–H and O–H groups in total. The first-order valence-electron chi connectivity index (χ1n) is 14.0. The zero-order valence-corrected chi connectivity index (χ0v) is 22.8. The fourth-order valence-corrected chi connectivity index (χ4v) is 6.38. The number of fused-ring (bicyclic) bond motifs is 8. The maximum Gasteiger partial charge on any atom is 0.220 e. The molecule has 0 saturated carbocycles. The van der Waals surface area contributed by atoms with Crippen LogP contribution < -0.4 is 0 Å². The highest BCUT2D eigenvalue weighted by Crippen LogP contribution is 2.36. The van der Waals surface area contributed by atoms with E-state index in [4.69, 9.17) is 9.97 Å². The van der Waals surface area contributed by atoms with E-state index in [1.807, 2.05) is 66.7 Å². The van der Waals surface area contributed by atoms with Gasteiger partial charge in [0.1, 0.15) is 5.65 Å². The highest BCUT2D eigenvalue weighted by atomic mass is 15.2. The smallest absolute Gasteiger partial charge is 0.220 e. The maximum absolute atomic E-state index is 10.2. The molecule has 0 atom stereocenters. The van der Waals surface area contributed by atoms with Crippen LogP contribution in [0.25, 0.3) is 72.4 Å². The normalized spacial score (nSPS) is 11.7. The number of hydrogen-bond acceptors (Lipinski definition) is 4. The number of benzene rings is 4. The highest BCUT2D eigenvalue weighted by Gasteiger charge is 2.20. The number of rotatable bonds is 3. The zero-order valence-electron chi connectivity index (χ0n) is 22.8. The van der Waals surface area contributed by atoms with Crippen molar-refractivity contribution in [2.24, 2.45) is 0 Å². The minimum absolute atomic E-state index is 0.561. The Morgan fingerprint density at radius 1 is 0.628 bits per heavy atom. The number of aromatic nitrogens is 6. The standard InChI is InChI=1S/C36H21N7/c37-22-23-19-24(21-25(20-23)41-33-16-8-17-38-34(33)27-10-7-18-39-35(27)41)26-9-1-3-12-29(26)42-31-14-5-6-15-32(31)43-30-13-4-2-11-28(30)40-36(42)43/h1-21H. The Kier molecular flexibility index (Phi) is 4.84. The van der Waals surface area contributed by atoms with Crippen LogP contribution in [-0.4, -0.2) is 28.5 Å². The van der Waals surface area contributed by atoms with Crippen LogP contribution in [0.2, 0.25) is 0 Å². The highest BCUT2D eigenvalue weighted by molar-refractivity contribution is 6.05. The van der Waals surface area contributed by atoms with Gasteiger partial charge in [-0.15, -0.1) is 0 Å². The Morgan fingerprint density at radius 3 is 2.28 bits per heavy atom. The van der Waals surface area contributed by atoms with Crippen LogP contribution in [-0.2, 0) is 0 Å². The molecule has 0 spiro atoms. The van der Waals surface area contributed by atoms with Gasteiger partial charge in [-0.05, 0) is 78.4 Å². The Morgan fingerprint density at radius 2 is 1.37 bits per heavy atom. The van der Waals surface area contributed by atoms with Crippen molar-refractivity contribution in [3.63, 3.8) is 0 Å². The van der Waals surface area contributed by atoms with Crippen LogP contribution in [0, 0.1) is 11.3 Å². The molecule has 0 amide bonds. The van der Waals surface area contributed by atoms with Crippen LogP contribution in [0.1, 0.15) is 5.56 Å². The molecule has 0 radical (unpaired) electrons. The van der Waals surface area contributed by atoms with E-state index < -0.39 is 0 Å². The van der Waals surface area contributed by atoms with E-state index in [0.717, 1.165) is 72.4 Å². The summed E-state index contributed by atoms with van der Waals surface area (Å²) in [7, 11) is 0. The molecule has 0 aliphatic carbocycles. The van der Waals surface area contributed by atoms with E-state index in [1.165, 1.54) is 0 Å². The molecule has 0 aliphatic rings. The lowest BCUT2D eigenvalue weighted by Crippen LogP contribution is -2.00. The molecular weight excluding hydrogens is 530 g/mol. The molecular formula is C36H21N7. The van der Waals surface area contributed by atoms with Gasteiger partial charge in [-0.2, -0.15) is 5.26 Å². The predicted molar refractivity (Wildman–Crippen MR) is 170 cm³/mol. The second kappa shape index (κ2) is 8.87. The summed E-state index contributed by atoms with van der Waals surface area (Å²) >= 11 is 0. The van der Waals surface area contributed by atoms with Gasteiger partial charge in [0.2, 0.25) is 5.78 Å². The van der Waals surface area contributed by atoms with Crippen molar-refractivity contribution in [2.45, 2.75) is 0 Å². The van der Waals surface area contributed by atoms with Crippen LogP contribution in [0.4, 0.5) is 0 Å². The van der Waals surface area contributed by atoms with Crippen molar-refractivity contribution in [1.29, 1.82) is 5.26 Å². The summed E-state index contributed by atoms with van der Waals surface area (Å²) in [5, 5.41) is 11.1. The minimum atomic E-state index is 0.561. The van der Waals surface area contributed by atoms with Crippen molar-refractivity contribution in [3.8, 4) is 28.6 Å². The summed E-state index contributed by atoms with van der Waals surface area (Å²) in [6.07, 6.45) is 3.59. The Bertz CT molecular complexity index is 2540. The van der Waals surface area contributed by atoms with Gasteiger partial charge >= 0.3 is 0 Å². The van der Waals surface area contributed by atoms with Gasteiger partial charge in [-0.1, -0.05) is 42.5 Å². The molecule has 9 rings (SSSR count). The number of nitriles is 1. The Labute approximate surface area is 245 Å². The SMILES string of the molecule is N#Cc1cc(-c2ccccc2-n2c3ccccc3n3c4ccccc4nc23)cc(-n2c3cccnc3c3cccnc32)c1. The second-order valence-corrected chi connectivity index (χ2v) is 10.5. The van der Waals surface area contributed by atoms with Crippen LogP contribution >= 0.6 is 0 Å². The number of nitrogens with zero attached hydrogens (tertiary/aromatic N) is 7. The second-order valence-electron chi connectivity index (χ2n) is 10.5. The largest absolute Gasteiger partial charge is 0.292 e. The molecule has 4 aromatic carbocycles. The van der Waals surface area contributed by atoms with E-state index in [2.05, 4.69) is 73.1 Å². The van der Waals surface area contributed by atoms with Gasteiger partial charge in [-0.3, -0.25) is 18.5 Å². The third-order valence-corrected chi connectivity index (χ3v) is 8.15. The third-order valence-electron chi connectivity index (χ3n) is 8.15. The summed E-state index contributed by atoms with van der Waals surface area (Å²) in [5.41, 5.74) is 11.1. The summed E-state index contributed by atoms with van der Waals surface area (Å²) < 4.78 is 6.53. The van der Waals surface area contributed by atoms with Crippen molar-refractivity contribution < 1.29 is 0 Å². The first kappa shape index (κ1) is 23.4. The Hall–Kier alpha value is -6.26. The molecule has 9 aromatic rings. The quantitative estimate of drug-likeness (QED) is 0.224. The molecule has 7 nitrogen and oxygen atoms in total. The Balaban J connectivity index is 1.35. The summed E-state index contributed by atoms with van der Waals surface area (Å²) in [6.45, 7) is 0. The maximum atomic E-state index is 10.2. The third kappa shape index (κ3) is 3.32. The lowest BCUT2D eigenvalue weighted by Gasteiger charge is -2.15. The minimum Gasteiger partial charge on any atom is -0.292 e. The van der Waals surface area contributed by atoms with E-state index in [9.17, 15) is 5.26 Å². The lowest BCUT2D eigenvalue weighted by molar-refractivity contribution is 1.11. The van der Waals surface area contributed by atoms with Crippen molar-refractivity contribution in [2.75, 3.05) is 0 Å². The summed E-state index contributed by atoms with van der Waals surface area (Å²) in [4.78, 5) is 14.5. The molecule has 0 fully saturated rings. The van der Waals surface area contributed by atoms with E-state index in [1.54, 1.807) is 12.4 Å². The lowest BCUT2D eigenvalue weighted by atomic mass is 10.00. The van der Waals surface area contributed by atoms with Crippen molar-refractivity contribution in [3.05, 3.63) is 133 Å². The van der Waals surface area contributed by atoms with Gasteiger partial charge in [-0.25, -0.2) is 9.97 Å². The molecule has 0 saturated heterocycles.